The fourth-order valence-corrected chi connectivity index (χ4v) is 1.60. The van der Waals surface area contributed by atoms with Gasteiger partial charge in [0.1, 0.15) is 0 Å². The maximum Gasteiger partial charge on any atom is 0.404 e. The maximum atomic E-state index is 10.4. The summed E-state index contributed by atoms with van der Waals surface area (Å²) < 4.78 is 0. The Morgan fingerprint density at radius 1 is 1.44 bits per heavy atom. The van der Waals surface area contributed by atoms with Crippen LogP contribution >= 0.6 is 0 Å². The number of hydrogen-bond acceptors (Lipinski definition) is 2. The summed E-state index contributed by atoms with van der Waals surface area (Å²) in [5.74, 6) is 0. The summed E-state index contributed by atoms with van der Waals surface area (Å²) in [6, 6.07) is 7.40. The van der Waals surface area contributed by atoms with Gasteiger partial charge in [-0.2, -0.15) is 0 Å². The molecule has 0 bridgehead atoms. The van der Waals surface area contributed by atoms with Crippen LogP contribution in [-0.2, 0) is 6.42 Å². The minimum atomic E-state index is -1.01. The van der Waals surface area contributed by atoms with Crippen molar-refractivity contribution in [1.82, 2.24) is 5.32 Å². The fraction of sp³-hybridized carbons (Fsp3) is 0.417. The number of hydrogen-bond donors (Lipinski definition) is 3. The van der Waals surface area contributed by atoms with E-state index in [9.17, 15) is 9.90 Å². The molecule has 1 amide bonds. The Balaban J connectivity index is 2.66. The Hall–Kier alpha value is -1.55. The topological polar surface area (TPSA) is 69.6 Å². The maximum absolute atomic E-state index is 10.4. The van der Waals surface area contributed by atoms with Gasteiger partial charge in [0.2, 0.25) is 0 Å². The molecule has 0 saturated carbocycles. The van der Waals surface area contributed by atoms with Gasteiger partial charge in [0.25, 0.3) is 0 Å². The van der Waals surface area contributed by atoms with Gasteiger partial charge in [-0.15, -0.1) is 0 Å². The molecule has 1 rings (SSSR count). The van der Waals surface area contributed by atoms with E-state index in [1.165, 1.54) is 0 Å². The highest BCUT2D eigenvalue weighted by molar-refractivity contribution is 5.64. The van der Waals surface area contributed by atoms with E-state index in [4.69, 9.17) is 5.11 Å². The molecule has 88 valence electrons. The Kier molecular flexibility index (Phi) is 4.31. The first-order chi connectivity index (χ1) is 7.49. The molecule has 4 heteroatoms. The van der Waals surface area contributed by atoms with E-state index in [-0.39, 0.29) is 6.04 Å². The highest BCUT2D eigenvalue weighted by Crippen LogP contribution is 2.14. The molecule has 3 N–H and O–H groups in total. The number of aliphatic hydroxyl groups excluding tert-OH is 1. The van der Waals surface area contributed by atoms with Gasteiger partial charge in [-0.3, -0.25) is 0 Å². The summed E-state index contributed by atoms with van der Waals surface area (Å²) in [5, 5.41) is 20.4. The lowest BCUT2D eigenvalue weighted by molar-refractivity contribution is 0.190. The van der Waals surface area contributed by atoms with Crippen LogP contribution in [0.15, 0.2) is 24.3 Å². The molecule has 4 nitrogen and oxygen atoms in total. The monoisotopic (exact) mass is 223 g/mol. The second-order valence-electron chi connectivity index (χ2n) is 3.98. The van der Waals surface area contributed by atoms with Gasteiger partial charge in [-0.05, 0) is 31.4 Å². The van der Waals surface area contributed by atoms with Gasteiger partial charge >= 0.3 is 6.09 Å². The van der Waals surface area contributed by atoms with E-state index in [1.807, 2.05) is 31.2 Å². The second kappa shape index (κ2) is 5.51. The average molecular weight is 223 g/mol. The van der Waals surface area contributed by atoms with Crippen molar-refractivity contribution in [2.75, 3.05) is 0 Å². The van der Waals surface area contributed by atoms with Crippen LogP contribution in [0.4, 0.5) is 4.79 Å². The smallest absolute Gasteiger partial charge is 0.404 e. The van der Waals surface area contributed by atoms with Crippen molar-refractivity contribution >= 4 is 6.09 Å². The zero-order valence-electron chi connectivity index (χ0n) is 9.47. The lowest BCUT2D eigenvalue weighted by atomic mass is 10.0. The van der Waals surface area contributed by atoms with E-state index in [2.05, 4.69) is 5.32 Å². The molecule has 0 fully saturated rings. The number of carbonyl (C=O) groups is 1. The molecule has 0 aliphatic rings. The molecule has 0 radical (unpaired) electrons. The Bertz CT molecular complexity index is 363. The van der Waals surface area contributed by atoms with Crippen LogP contribution < -0.4 is 5.32 Å². The number of carboxylic acid groups (broad SMARTS) is 1. The van der Waals surface area contributed by atoms with Crippen molar-refractivity contribution in [3.05, 3.63) is 35.4 Å². The molecular formula is C12H17NO3. The Morgan fingerprint density at radius 3 is 2.69 bits per heavy atom. The highest BCUT2D eigenvalue weighted by Gasteiger charge is 2.07. The van der Waals surface area contributed by atoms with E-state index in [0.29, 0.717) is 6.42 Å². The van der Waals surface area contributed by atoms with Gasteiger partial charge in [-0.1, -0.05) is 24.3 Å². The summed E-state index contributed by atoms with van der Waals surface area (Å²) >= 11 is 0. The fourth-order valence-electron chi connectivity index (χ4n) is 1.60. The summed E-state index contributed by atoms with van der Waals surface area (Å²) in [7, 11) is 0. The molecule has 0 aliphatic heterocycles. The van der Waals surface area contributed by atoms with Crippen LogP contribution in [0.1, 0.15) is 31.1 Å². The van der Waals surface area contributed by atoms with Gasteiger partial charge in [-0.25, -0.2) is 4.79 Å². The highest BCUT2D eigenvalue weighted by atomic mass is 16.4. The Morgan fingerprint density at radius 2 is 2.12 bits per heavy atom. The normalized spacial score (nSPS) is 14.2. The van der Waals surface area contributed by atoms with E-state index >= 15 is 0 Å². The SMILES string of the molecule is CC(Cc1cccc([C@H](C)O)c1)NC(=O)O. The minimum absolute atomic E-state index is 0.137. The lowest BCUT2D eigenvalue weighted by Crippen LogP contribution is -2.32. The number of benzene rings is 1. The van der Waals surface area contributed by atoms with Crippen LogP contribution in [0, 0.1) is 0 Å². The second-order valence-corrected chi connectivity index (χ2v) is 3.98. The minimum Gasteiger partial charge on any atom is -0.465 e. The molecule has 1 unspecified atom stereocenters. The number of rotatable bonds is 4. The molecule has 1 aromatic rings. The number of nitrogens with one attached hydrogen (secondary N) is 1. The summed E-state index contributed by atoms with van der Waals surface area (Å²) in [4.78, 5) is 10.4. The zero-order chi connectivity index (χ0) is 12.1. The van der Waals surface area contributed by atoms with Crippen LogP contribution in [-0.4, -0.2) is 22.3 Å². The third kappa shape index (κ3) is 3.90. The van der Waals surface area contributed by atoms with Crippen molar-refractivity contribution < 1.29 is 15.0 Å². The largest absolute Gasteiger partial charge is 0.465 e. The summed E-state index contributed by atoms with van der Waals surface area (Å²) in [6.07, 6.45) is -0.894. The molecule has 0 aliphatic carbocycles. The lowest BCUT2D eigenvalue weighted by Gasteiger charge is -2.12. The molecule has 0 spiro atoms. The number of amides is 1. The summed E-state index contributed by atoms with van der Waals surface area (Å²) in [6.45, 7) is 3.52. The molecule has 0 saturated heterocycles. The molecule has 1 aromatic carbocycles. The van der Waals surface area contributed by atoms with Crippen molar-refractivity contribution in [2.45, 2.75) is 32.4 Å². The van der Waals surface area contributed by atoms with Crippen molar-refractivity contribution in [3.63, 3.8) is 0 Å². The first-order valence-electron chi connectivity index (χ1n) is 5.25. The molecular weight excluding hydrogens is 206 g/mol. The molecule has 0 aromatic heterocycles. The summed E-state index contributed by atoms with van der Waals surface area (Å²) in [5.41, 5.74) is 1.86. The average Bonchev–Trinajstić information content (AvgIpc) is 2.16. The standard InChI is InChI=1S/C12H17NO3/c1-8(13-12(15)16)6-10-4-3-5-11(7-10)9(2)14/h3-5,7-9,13-14H,6H2,1-2H3,(H,15,16)/t8?,9-/m0/s1. The molecule has 16 heavy (non-hydrogen) atoms. The van der Waals surface area contributed by atoms with Gasteiger partial charge in [0.15, 0.2) is 0 Å². The van der Waals surface area contributed by atoms with E-state index in [1.54, 1.807) is 6.92 Å². The quantitative estimate of drug-likeness (QED) is 0.730. The van der Waals surface area contributed by atoms with Crippen molar-refractivity contribution in [3.8, 4) is 0 Å². The van der Waals surface area contributed by atoms with Gasteiger partial charge < -0.3 is 15.5 Å². The van der Waals surface area contributed by atoms with Crippen LogP contribution in [0.5, 0.6) is 0 Å². The van der Waals surface area contributed by atoms with Crippen LogP contribution in [0.3, 0.4) is 0 Å². The third-order valence-electron chi connectivity index (χ3n) is 2.35. The van der Waals surface area contributed by atoms with Crippen molar-refractivity contribution in [2.24, 2.45) is 0 Å². The zero-order valence-corrected chi connectivity index (χ0v) is 9.47. The van der Waals surface area contributed by atoms with Crippen molar-refractivity contribution in [1.29, 1.82) is 0 Å². The number of aliphatic hydroxyl groups is 1. The predicted octanol–water partition coefficient (Wildman–Crippen LogP) is 1.94. The van der Waals surface area contributed by atoms with Crippen LogP contribution in [0.2, 0.25) is 0 Å². The third-order valence-corrected chi connectivity index (χ3v) is 2.35. The van der Waals surface area contributed by atoms with Gasteiger partial charge in [0.05, 0.1) is 6.10 Å². The van der Waals surface area contributed by atoms with Gasteiger partial charge in [0, 0.05) is 6.04 Å². The molecule has 0 heterocycles. The Labute approximate surface area is 94.9 Å². The first kappa shape index (κ1) is 12.5. The van der Waals surface area contributed by atoms with Crippen LogP contribution in [0.25, 0.3) is 0 Å². The first-order valence-corrected chi connectivity index (χ1v) is 5.25. The van der Waals surface area contributed by atoms with E-state index < -0.39 is 12.2 Å². The van der Waals surface area contributed by atoms with E-state index in [0.717, 1.165) is 11.1 Å². The molecule has 2 atom stereocenters. The predicted molar refractivity (Wildman–Crippen MR) is 61.4 cm³/mol.